The molecule has 1 aliphatic heterocycles. The monoisotopic (exact) mass is 248 g/mol. The molecule has 0 saturated carbocycles. The quantitative estimate of drug-likeness (QED) is 0.829. The topological polar surface area (TPSA) is 71.2 Å². The van der Waals surface area contributed by atoms with Crippen LogP contribution in [0.1, 0.15) is 30.1 Å². The minimum atomic E-state index is -0.0887. The standard InChI is InChI=1S/C13H20N4O/c1-10(9-17-6-2-3-7-17)16-13(18)11-4-5-12(14)15-8-11/h4-5,8,10H,2-3,6-7,9H2,1H3,(H2,14,15)(H,16,18). The number of nitrogens with one attached hydrogen (secondary N) is 1. The van der Waals surface area contributed by atoms with Crippen LogP contribution in [0.5, 0.6) is 0 Å². The van der Waals surface area contributed by atoms with Gasteiger partial charge >= 0.3 is 0 Å². The third-order valence-corrected chi connectivity index (χ3v) is 3.16. The Balaban J connectivity index is 1.84. The van der Waals surface area contributed by atoms with Crippen LogP contribution in [0.15, 0.2) is 18.3 Å². The molecule has 1 saturated heterocycles. The second kappa shape index (κ2) is 5.82. The number of nitrogens with zero attached hydrogens (tertiary/aromatic N) is 2. The first-order valence-electron chi connectivity index (χ1n) is 6.40. The molecule has 3 N–H and O–H groups in total. The molecule has 0 radical (unpaired) electrons. The van der Waals surface area contributed by atoms with Crippen molar-refractivity contribution in [1.82, 2.24) is 15.2 Å². The Morgan fingerprint density at radius 3 is 2.83 bits per heavy atom. The summed E-state index contributed by atoms with van der Waals surface area (Å²) < 4.78 is 0. The number of rotatable bonds is 4. The Kier molecular flexibility index (Phi) is 4.15. The van der Waals surface area contributed by atoms with Gasteiger partial charge in [0.2, 0.25) is 0 Å². The molecular formula is C13H20N4O. The molecule has 1 atom stereocenters. The molecule has 18 heavy (non-hydrogen) atoms. The first-order chi connectivity index (χ1) is 8.65. The molecule has 0 aromatic carbocycles. The van der Waals surface area contributed by atoms with Crippen LogP contribution in [-0.4, -0.2) is 41.5 Å². The Morgan fingerprint density at radius 2 is 2.22 bits per heavy atom. The van der Waals surface area contributed by atoms with Crippen LogP contribution in [0.2, 0.25) is 0 Å². The molecule has 2 heterocycles. The van der Waals surface area contributed by atoms with Gasteiger partial charge in [-0.05, 0) is 45.0 Å². The highest BCUT2D eigenvalue weighted by molar-refractivity contribution is 5.94. The summed E-state index contributed by atoms with van der Waals surface area (Å²) in [6.45, 7) is 5.22. The number of aromatic nitrogens is 1. The van der Waals surface area contributed by atoms with Crippen molar-refractivity contribution in [3.05, 3.63) is 23.9 Å². The van der Waals surface area contributed by atoms with E-state index in [1.807, 2.05) is 6.92 Å². The summed E-state index contributed by atoms with van der Waals surface area (Å²) >= 11 is 0. The van der Waals surface area contributed by atoms with Gasteiger partial charge in [-0.2, -0.15) is 0 Å². The van der Waals surface area contributed by atoms with Gasteiger partial charge in [0, 0.05) is 18.8 Å². The van der Waals surface area contributed by atoms with Gasteiger partial charge in [0.25, 0.3) is 5.91 Å². The molecule has 5 heteroatoms. The highest BCUT2D eigenvalue weighted by Crippen LogP contribution is 2.08. The predicted molar refractivity (Wildman–Crippen MR) is 71.3 cm³/mol. The van der Waals surface area contributed by atoms with Crippen LogP contribution in [0.4, 0.5) is 5.82 Å². The maximum atomic E-state index is 11.9. The van der Waals surface area contributed by atoms with Crippen molar-refractivity contribution in [3.63, 3.8) is 0 Å². The van der Waals surface area contributed by atoms with Crippen LogP contribution in [-0.2, 0) is 0 Å². The average Bonchev–Trinajstić information content (AvgIpc) is 2.82. The lowest BCUT2D eigenvalue weighted by molar-refractivity contribution is 0.0931. The van der Waals surface area contributed by atoms with Crippen molar-refractivity contribution < 1.29 is 4.79 Å². The van der Waals surface area contributed by atoms with Gasteiger partial charge in [0.05, 0.1) is 5.56 Å². The second-order valence-electron chi connectivity index (χ2n) is 4.85. The Morgan fingerprint density at radius 1 is 1.50 bits per heavy atom. The molecule has 98 valence electrons. The van der Waals surface area contributed by atoms with E-state index in [4.69, 9.17) is 5.73 Å². The maximum Gasteiger partial charge on any atom is 0.253 e. The number of likely N-dealkylation sites (tertiary alicyclic amines) is 1. The van der Waals surface area contributed by atoms with E-state index in [9.17, 15) is 4.79 Å². The third kappa shape index (κ3) is 3.43. The van der Waals surface area contributed by atoms with Crippen LogP contribution in [0.25, 0.3) is 0 Å². The Labute approximate surface area is 107 Å². The summed E-state index contributed by atoms with van der Waals surface area (Å²) in [6, 6.07) is 3.48. The van der Waals surface area contributed by atoms with Crippen LogP contribution < -0.4 is 11.1 Å². The first-order valence-corrected chi connectivity index (χ1v) is 6.40. The minimum absolute atomic E-state index is 0.0887. The SMILES string of the molecule is CC(CN1CCCC1)NC(=O)c1ccc(N)nc1. The number of pyridine rings is 1. The number of carbonyl (C=O) groups excluding carboxylic acids is 1. The molecule has 1 fully saturated rings. The third-order valence-electron chi connectivity index (χ3n) is 3.16. The fraction of sp³-hybridized carbons (Fsp3) is 0.538. The molecule has 1 aromatic rings. The summed E-state index contributed by atoms with van der Waals surface area (Å²) in [5, 5.41) is 2.98. The maximum absolute atomic E-state index is 11.9. The number of anilines is 1. The fourth-order valence-corrected chi connectivity index (χ4v) is 2.24. The van der Waals surface area contributed by atoms with E-state index in [1.165, 1.54) is 19.0 Å². The molecule has 5 nitrogen and oxygen atoms in total. The largest absolute Gasteiger partial charge is 0.384 e. The second-order valence-corrected chi connectivity index (χ2v) is 4.85. The van der Waals surface area contributed by atoms with E-state index in [-0.39, 0.29) is 11.9 Å². The summed E-state index contributed by atoms with van der Waals surface area (Å²) in [6.07, 6.45) is 4.04. The van der Waals surface area contributed by atoms with Gasteiger partial charge in [-0.15, -0.1) is 0 Å². The summed E-state index contributed by atoms with van der Waals surface area (Å²) in [5.74, 6) is 0.339. The summed E-state index contributed by atoms with van der Waals surface area (Å²) in [5.41, 5.74) is 6.04. The Hall–Kier alpha value is -1.62. The van der Waals surface area contributed by atoms with Gasteiger partial charge < -0.3 is 16.0 Å². The lowest BCUT2D eigenvalue weighted by Crippen LogP contribution is -2.41. The van der Waals surface area contributed by atoms with Gasteiger partial charge in [0.1, 0.15) is 5.82 Å². The summed E-state index contributed by atoms with van der Waals surface area (Å²) in [7, 11) is 0. The number of hydrogen-bond acceptors (Lipinski definition) is 4. The molecule has 0 bridgehead atoms. The Bertz CT molecular complexity index is 398. The number of hydrogen-bond donors (Lipinski definition) is 2. The van der Waals surface area contributed by atoms with Crippen LogP contribution in [0, 0.1) is 0 Å². The van der Waals surface area contributed by atoms with Crippen molar-refractivity contribution in [3.8, 4) is 0 Å². The van der Waals surface area contributed by atoms with Gasteiger partial charge in [-0.25, -0.2) is 4.98 Å². The van der Waals surface area contributed by atoms with Crippen LogP contribution >= 0.6 is 0 Å². The lowest BCUT2D eigenvalue weighted by Gasteiger charge is -2.21. The normalized spacial score (nSPS) is 17.6. The van der Waals surface area contributed by atoms with Gasteiger partial charge in [0.15, 0.2) is 0 Å². The van der Waals surface area contributed by atoms with Gasteiger partial charge in [-0.3, -0.25) is 4.79 Å². The lowest BCUT2D eigenvalue weighted by atomic mass is 10.2. The predicted octanol–water partition coefficient (Wildman–Crippen LogP) is 0.878. The van der Waals surface area contributed by atoms with E-state index in [2.05, 4.69) is 15.2 Å². The zero-order valence-electron chi connectivity index (χ0n) is 10.7. The van der Waals surface area contributed by atoms with Gasteiger partial charge in [-0.1, -0.05) is 0 Å². The number of nitrogen functional groups attached to an aromatic ring is 1. The van der Waals surface area contributed by atoms with Crippen LogP contribution in [0.3, 0.4) is 0 Å². The number of amides is 1. The molecule has 0 aliphatic carbocycles. The fourth-order valence-electron chi connectivity index (χ4n) is 2.24. The average molecular weight is 248 g/mol. The van der Waals surface area contributed by atoms with Crippen molar-refractivity contribution >= 4 is 11.7 Å². The zero-order chi connectivity index (χ0) is 13.0. The molecule has 1 aliphatic rings. The molecule has 1 amide bonds. The smallest absolute Gasteiger partial charge is 0.253 e. The molecular weight excluding hydrogens is 228 g/mol. The number of carbonyl (C=O) groups is 1. The van der Waals surface area contributed by atoms with Crippen molar-refractivity contribution in [1.29, 1.82) is 0 Å². The highest BCUT2D eigenvalue weighted by Gasteiger charge is 2.16. The number of nitrogens with two attached hydrogens (primary N) is 1. The van der Waals surface area contributed by atoms with Crippen molar-refractivity contribution in [2.75, 3.05) is 25.4 Å². The van der Waals surface area contributed by atoms with Crippen molar-refractivity contribution in [2.45, 2.75) is 25.8 Å². The highest BCUT2D eigenvalue weighted by atomic mass is 16.1. The van der Waals surface area contributed by atoms with E-state index in [0.717, 1.165) is 19.6 Å². The van der Waals surface area contributed by atoms with E-state index >= 15 is 0 Å². The molecule has 0 spiro atoms. The zero-order valence-corrected chi connectivity index (χ0v) is 10.7. The summed E-state index contributed by atoms with van der Waals surface area (Å²) in [4.78, 5) is 18.2. The van der Waals surface area contributed by atoms with E-state index < -0.39 is 0 Å². The molecule has 2 rings (SSSR count). The minimum Gasteiger partial charge on any atom is -0.384 e. The van der Waals surface area contributed by atoms with Crippen molar-refractivity contribution in [2.24, 2.45) is 0 Å². The van der Waals surface area contributed by atoms with E-state index in [0.29, 0.717) is 11.4 Å². The first kappa shape index (κ1) is 12.8. The van der Waals surface area contributed by atoms with E-state index in [1.54, 1.807) is 12.1 Å². The molecule has 1 unspecified atom stereocenters. The molecule has 1 aromatic heterocycles.